The molecule has 0 fully saturated rings. The lowest BCUT2D eigenvalue weighted by Gasteiger charge is -1.87. The van der Waals surface area contributed by atoms with Crippen LogP contribution in [0.2, 0.25) is 0 Å². The molecular formula is C6H9NOS. The van der Waals surface area contributed by atoms with Gasteiger partial charge in [-0.1, -0.05) is 18.7 Å². The number of hydrogen-bond acceptors (Lipinski definition) is 3. The minimum Gasteiger partial charge on any atom is -0.280 e. The van der Waals surface area contributed by atoms with Crippen LogP contribution in [0.4, 0.5) is 0 Å². The van der Waals surface area contributed by atoms with E-state index in [0.29, 0.717) is 0 Å². The fourth-order valence-corrected chi connectivity index (χ4v) is 1.58. The third-order valence-corrected chi connectivity index (χ3v) is 2.08. The van der Waals surface area contributed by atoms with E-state index < -0.39 is 0 Å². The van der Waals surface area contributed by atoms with Crippen molar-refractivity contribution in [3.05, 3.63) is 0 Å². The van der Waals surface area contributed by atoms with Crippen LogP contribution in [0, 0.1) is 0 Å². The molecule has 0 radical (unpaired) electrons. The van der Waals surface area contributed by atoms with E-state index in [1.807, 2.05) is 13.8 Å². The second-order valence-electron chi connectivity index (χ2n) is 1.93. The van der Waals surface area contributed by atoms with Gasteiger partial charge < -0.3 is 0 Å². The molecule has 2 nitrogen and oxygen atoms in total. The predicted molar refractivity (Wildman–Crippen MR) is 39.8 cm³/mol. The summed E-state index contributed by atoms with van der Waals surface area (Å²) in [5, 5.41) is 0.317. The Labute approximate surface area is 58.7 Å². The van der Waals surface area contributed by atoms with Gasteiger partial charge in [0.15, 0.2) is 0 Å². The molecule has 0 amide bonds. The molecule has 0 saturated heterocycles. The van der Waals surface area contributed by atoms with Gasteiger partial charge in [-0.05, 0) is 13.3 Å². The lowest BCUT2D eigenvalue weighted by molar-refractivity contribution is -0.105. The van der Waals surface area contributed by atoms with E-state index in [4.69, 9.17) is 0 Å². The molecule has 1 aliphatic rings. The Morgan fingerprint density at radius 2 is 2.44 bits per heavy atom. The van der Waals surface area contributed by atoms with Gasteiger partial charge in [0.2, 0.25) is 5.12 Å². The molecule has 0 spiro atoms. The summed E-state index contributed by atoms with van der Waals surface area (Å²) in [6.07, 6.45) is 0.774. The first-order valence-electron chi connectivity index (χ1n) is 3.01. The summed E-state index contributed by atoms with van der Waals surface area (Å²) in [6.45, 7) is 3.89. The van der Waals surface area contributed by atoms with Crippen LogP contribution in [0.25, 0.3) is 0 Å². The van der Waals surface area contributed by atoms with Crippen LogP contribution in [-0.2, 0) is 4.79 Å². The molecule has 0 saturated carbocycles. The molecule has 50 valence electrons. The molecule has 0 bridgehead atoms. The van der Waals surface area contributed by atoms with Crippen molar-refractivity contribution < 1.29 is 4.79 Å². The lowest BCUT2D eigenvalue weighted by Crippen LogP contribution is -2.01. The number of carbonyl (C=O) groups excluding carboxylic acids is 1. The Morgan fingerprint density at radius 3 is 2.67 bits per heavy atom. The maximum atomic E-state index is 10.8. The average molecular weight is 143 g/mol. The molecule has 0 aliphatic carbocycles. The molecule has 1 atom stereocenters. The molecule has 1 heterocycles. The van der Waals surface area contributed by atoms with Gasteiger partial charge in [0.05, 0.1) is 5.71 Å². The van der Waals surface area contributed by atoms with Crippen molar-refractivity contribution in [3.63, 3.8) is 0 Å². The van der Waals surface area contributed by atoms with Crippen LogP contribution in [0.1, 0.15) is 20.3 Å². The second kappa shape index (κ2) is 2.52. The molecule has 0 aromatic rings. The molecule has 9 heavy (non-hydrogen) atoms. The number of aliphatic imine (C=N–C) groups is 1. The highest BCUT2D eigenvalue weighted by molar-refractivity contribution is 8.16. The number of hydrogen-bond donors (Lipinski definition) is 0. The molecule has 0 aromatic carbocycles. The van der Waals surface area contributed by atoms with Crippen molar-refractivity contribution >= 4 is 22.6 Å². The van der Waals surface area contributed by atoms with Gasteiger partial charge in [-0.15, -0.1) is 0 Å². The van der Waals surface area contributed by atoms with Gasteiger partial charge >= 0.3 is 0 Å². The quantitative estimate of drug-likeness (QED) is 0.556. The molecule has 0 N–H and O–H groups in total. The van der Waals surface area contributed by atoms with Crippen LogP contribution in [0.5, 0.6) is 0 Å². The molecule has 3 heteroatoms. The number of carbonyl (C=O) groups is 1. The SMILES string of the molecule is CCC1=NC(C)SC1=O. The zero-order valence-electron chi connectivity index (χ0n) is 5.55. The van der Waals surface area contributed by atoms with Gasteiger partial charge in [-0.3, -0.25) is 9.79 Å². The number of thioether (sulfide) groups is 1. The Kier molecular flexibility index (Phi) is 1.90. The van der Waals surface area contributed by atoms with Crippen molar-refractivity contribution in [2.24, 2.45) is 4.99 Å². The monoisotopic (exact) mass is 143 g/mol. The predicted octanol–water partition coefficient (Wildman–Crippen LogP) is 1.46. The van der Waals surface area contributed by atoms with Crippen LogP contribution in [0.15, 0.2) is 4.99 Å². The van der Waals surface area contributed by atoms with Gasteiger partial charge in [0, 0.05) is 0 Å². The largest absolute Gasteiger partial charge is 0.280 e. The van der Waals surface area contributed by atoms with E-state index in [-0.39, 0.29) is 10.5 Å². The minimum atomic E-state index is 0.157. The first-order chi connectivity index (χ1) is 4.24. The first kappa shape index (κ1) is 6.81. The van der Waals surface area contributed by atoms with E-state index >= 15 is 0 Å². The summed E-state index contributed by atoms with van der Waals surface area (Å²) < 4.78 is 0. The Morgan fingerprint density at radius 1 is 1.78 bits per heavy atom. The van der Waals surface area contributed by atoms with Crippen LogP contribution < -0.4 is 0 Å². The summed E-state index contributed by atoms with van der Waals surface area (Å²) in [6, 6.07) is 0. The number of rotatable bonds is 1. The highest BCUT2D eigenvalue weighted by Gasteiger charge is 2.21. The average Bonchev–Trinajstić information content (AvgIpc) is 2.10. The Hall–Kier alpha value is -0.310. The molecular weight excluding hydrogens is 134 g/mol. The summed E-state index contributed by atoms with van der Waals surface area (Å²) >= 11 is 1.31. The van der Waals surface area contributed by atoms with Crippen molar-refractivity contribution in [1.29, 1.82) is 0 Å². The van der Waals surface area contributed by atoms with E-state index in [9.17, 15) is 4.79 Å². The summed E-state index contributed by atoms with van der Waals surface area (Å²) in [5.74, 6) is 0. The van der Waals surface area contributed by atoms with Crippen LogP contribution in [0.3, 0.4) is 0 Å². The molecule has 1 rings (SSSR count). The third-order valence-electron chi connectivity index (χ3n) is 1.19. The fraction of sp³-hybridized carbons (Fsp3) is 0.667. The maximum Gasteiger partial charge on any atom is 0.235 e. The van der Waals surface area contributed by atoms with Gasteiger partial charge in [0.25, 0.3) is 0 Å². The Bertz CT molecular complexity index is 164. The smallest absolute Gasteiger partial charge is 0.235 e. The zero-order chi connectivity index (χ0) is 6.85. The van der Waals surface area contributed by atoms with Gasteiger partial charge in [-0.25, -0.2) is 0 Å². The highest BCUT2D eigenvalue weighted by Crippen LogP contribution is 2.21. The topological polar surface area (TPSA) is 29.4 Å². The van der Waals surface area contributed by atoms with Crippen molar-refractivity contribution in [3.8, 4) is 0 Å². The van der Waals surface area contributed by atoms with Crippen LogP contribution in [-0.4, -0.2) is 16.2 Å². The Balaban J connectivity index is 2.68. The van der Waals surface area contributed by atoms with E-state index in [1.165, 1.54) is 11.8 Å². The van der Waals surface area contributed by atoms with E-state index in [1.54, 1.807) is 0 Å². The van der Waals surface area contributed by atoms with Gasteiger partial charge in [-0.2, -0.15) is 0 Å². The molecule has 1 aliphatic heterocycles. The number of nitrogens with zero attached hydrogens (tertiary/aromatic N) is 1. The molecule has 1 unspecified atom stereocenters. The minimum absolute atomic E-state index is 0.157. The highest BCUT2D eigenvalue weighted by atomic mass is 32.2. The van der Waals surface area contributed by atoms with Crippen LogP contribution >= 0.6 is 11.8 Å². The van der Waals surface area contributed by atoms with Crippen molar-refractivity contribution in [2.75, 3.05) is 0 Å². The first-order valence-corrected chi connectivity index (χ1v) is 3.89. The van der Waals surface area contributed by atoms with Crippen molar-refractivity contribution in [2.45, 2.75) is 25.6 Å². The maximum absolute atomic E-state index is 10.8. The van der Waals surface area contributed by atoms with Gasteiger partial charge in [0.1, 0.15) is 5.37 Å². The normalized spacial score (nSPS) is 26.7. The second-order valence-corrected chi connectivity index (χ2v) is 3.22. The molecule has 0 aromatic heterocycles. The van der Waals surface area contributed by atoms with E-state index in [0.717, 1.165) is 12.1 Å². The zero-order valence-corrected chi connectivity index (χ0v) is 6.36. The summed E-state index contributed by atoms with van der Waals surface area (Å²) in [5.41, 5.74) is 0.743. The standard InChI is InChI=1S/C6H9NOS/c1-3-5-6(8)9-4(2)7-5/h4H,3H2,1-2H3. The van der Waals surface area contributed by atoms with E-state index in [2.05, 4.69) is 4.99 Å². The summed E-state index contributed by atoms with van der Waals surface area (Å²) in [7, 11) is 0. The lowest BCUT2D eigenvalue weighted by atomic mass is 10.3. The summed E-state index contributed by atoms with van der Waals surface area (Å²) in [4.78, 5) is 15.0. The fourth-order valence-electron chi connectivity index (χ4n) is 0.757. The third kappa shape index (κ3) is 1.33. The van der Waals surface area contributed by atoms with Crippen molar-refractivity contribution in [1.82, 2.24) is 0 Å².